The Hall–Kier alpha value is -0.0800. The van der Waals surface area contributed by atoms with Gasteiger partial charge in [0.05, 0.1) is 12.7 Å². The third-order valence-corrected chi connectivity index (χ3v) is 3.10. The standard InChI is InChI=1S/C8H15NO/c1-6-2-8(6)3-7(4-9)10-5-8/h6-7H,2-5,9H2,1H3/t6-,7+,8+/m1/s1. The van der Waals surface area contributed by atoms with Crippen molar-refractivity contribution in [2.24, 2.45) is 17.1 Å². The lowest BCUT2D eigenvalue weighted by Crippen LogP contribution is -2.18. The van der Waals surface area contributed by atoms with Gasteiger partial charge in [0.15, 0.2) is 0 Å². The molecule has 2 fully saturated rings. The highest BCUT2D eigenvalue weighted by molar-refractivity contribution is 5.04. The summed E-state index contributed by atoms with van der Waals surface area (Å²) in [6.07, 6.45) is 2.94. The molecule has 0 bridgehead atoms. The Balaban J connectivity index is 1.95. The van der Waals surface area contributed by atoms with Crippen LogP contribution in [-0.2, 0) is 4.74 Å². The molecule has 1 saturated carbocycles. The van der Waals surface area contributed by atoms with E-state index in [1.54, 1.807) is 0 Å². The van der Waals surface area contributed by atoms with Crippen molar-refractivity contribution in [3.05, 3.63) is 0 Å². The van der Waals surface area contributed by atoms with E-state index in [4.69, 9.17) is 10.5 Å². The first kappa shape index (κ1) is 6.62. The minimum Gasteiger partial charge on any atom is -0.376 e. The van der Waals surface area contributed by atoms with Crippen molar-refractivity contribution in [3.63, 3.8) is 0 Å². The van der Waals surface area contributed by atoms with E-state index >= 15 is 0 Å². The number of ether oxygens (including phenoxy) is 1. The first-order valence-corrected chi connectivity index (χ1v) is 4.08. The quantitative estimate of drug-likeness (QED) is 0.585. The molecule has 1 heterocycles. The predicted octanol–water partition coefficient (Wildman–Crippen LogP) is 0.760. The topological polar surface area (TPSA) is 35.2 Å². The van der Waals surface area contributed by atoms with Gasteiger partial charge in [-0.05, 0) is 24.2 Å². The van der Waals surface area contributed by atoms with Crippen LogP contribution in [0.1, 0.15) is 19.8 Å². The van der Waals surface area contributed by atoms with Crippen LogP contribution in [0.3, 0.4) is 0 Å². The summed E-state index contributed by atoms with van der Waals surface area (Å²) in [5.74, 6) is 0.893. The second-order valence-electron chi connectivity index (χ2n) is 3.84. The highest BCUT2D eigenvalue weighted by Gasteiger charge is 2.55. The molecule has 1 aliphatic heterocycles. The Kier molecular flexibility index (Phi) is 1.29. The lowest BCUT2D eigenvalue weighted by Gasteiger charge is -2.03. The predicted molar refractivity (Wildman–Crippen MR) is 39.6 cm³/mol. The molecule has 1 spiro atoms. The van der Waals surface area contributed by atoms with Gasteiger partial charge in [0.1, 0.15) is 0 Å². The van der Waals surface area contributed by atoms with Crippen LogP contribution >= 0.6 is 0 Å². The van der Waals surface area contributed by atoms with Crippen LogP contribution in [0.5, 0.6) is 0 Å². The average Bonchev–Trinajstić information content (AvgIpc) is 2.43. The molecule has 2 nitrogen and oxygen atoms in total. The van der Waals surface area contributed by atoms with Gasteiger partial charge in [0.25, 0.3) is 0 Å². The smallest absolute Gasteiger partial charge is 0.0703 e. The zero-order chi connectivity index (χ0) is 7.19. The van der Waals surface area contributed by atoms with Gasteiger partial charge in [-0.15, -0.1) is 0 Å². The molecule has 1 saturated heterocycles. The summed E-state index contributed by atoms with van der Waals surface area (Å²) in [4.78, 5) is 0. The maximum atomic E-state index is 5.53. The number of hydrogen-bond donors (Lipinski definition) is 1. The van der Waals surface area contributed by atoms with Gasteiger partial charge >= 0.3 is 0 Å². The van der Waals surface area contributed by atoms with Crippen molar-refractivity contribution in [3.8, 4) is 0 Å². The van der Waals surface area contributed by atoms with Crippen LogP contribution in [0, 0.1) is 11.3 Å². The molecule has 0 aromatic carbocycles. The highest BCUT2D eigenvalue weighted by Crippen LogP contribution is 2.58. The van der Waals surface area contributed by atoms with Crippen molar-refractivity contribution in [1.82, 2.24) is 0 Å². The van der Waals surface area contributed by atoms with Gasteiger partial charge in [-0.3, -0.25) is 0 Å². The van der Waals surface area contributed by atoms with Gasteiger partial charge in [-0.1, -0.05) is 6.92 Å². The summed E-state index contributed by atoms with van der Waals surface area (Å²) in [5.41, 5.74) is 6.08. The second kappa shape index (κ2) is 1.95. The fourth-order valence-electron chi connectivity index (χ4n) is 2.04. The van der Waals surface area contributed by atoms with E-state index in [9.17, 15) is 0 Å². The van der Waals surface area contributed by atoms with Crippen LogP contribution < -0.4 is 5.73 Å². The minimum atomic E-state index is 0.366. The molecule has 2 N–H and O–H groups in total. The SMILES string of the molecule is C[C@@H]1C[C@]12CO[C@H](CN)C2. The van der Waals surface area contributed by atoms with Crippen molar-refractivity contribution in [2.45, 2.75) is 25.9 Å². The molecule has 0 radical (unpaired) electrons. The van der Waals surface area contributed by atoms with Crippen LogP contribution in [0.15, 0.2) is 0 Å². The lowest BCUT2D eigenvalue weighted by molar-refractivity contribution is 0.110. The summed E-state index contributed by atoms with van der Waals surface area (Å²) >= 11 is 0. The molecule has 0 unspecified atom stereocenters. The molecular weight excluding hydrogens is 126 g/mol. The van der Waals surface area contributed by atoms with Crippen LogP contribution in [-0.4, -0.2) is 19.3 Å². The molecule has 10 heavy (non-hydrogen) atoms. The van der Waals surface area contributed by atoms with Gasteiger partial charge < -0.3 is 10.5 Å². The third-order valence-electron chi connectivity index (χ3n) is 3.10. The van der Waals surface area contributed by atoms with E-state index in [1.807, 2.05) is 0 Å². The van der Waals surface area contributed by atoms with Crippen molar-refractivity contribution in [1.29, 1.82) is 0 Å². The van der Waals surface area contributed by atoms with Crippen molar-refractivity contribution < 1.29 is 4.74 Å². The number of nitrogens with two attached hydrogens (primary N) is 1. The Labute approximate surface area is 61.7 Å². The second-order valence-corrected chi connectivity index (χ2v) is 3.84. The molecule has 2 rings (SSSR count). The van der Waals surface area contributed by atoms with Crippen LogP contribution in [0.25, 0.3) is 0 Å². The normalized spacial score (nSPS) is 52.2. The Morgan fingerprint density at radius 1 is 1.60 bits per heavy atom. The zero-order valence-electron chi connectivity index (χ0n) is 6.47. The molecule has 1 aliphatic carbocycles. The number of hydrogen-bond acceptors (Lipinski definition) is 2. The summed E-state index contributed by atoms with van der Waals surface area (Å²) in [5, 5.41) is 0. The van der Waals surface area contributed by atoms with E-state index in [2.05, 4.69) is 6.92 Å². The summed E-state index contributed by atoms with van der Waals surface area (Å²) in [6.45, 7) is 3.98. The molecule has 2 heteroatoms. The molecular formula is C8H15NO. The van der Waals surface area contributed by atoms with Gasteiger partial charge in [0.2, 0.25) is 0 Å². The molecule has 0 aromatic heterocycles. The first-order chi connectivity index (χ1) is 4.77. The Morgan fingerprint density at radius 3 is 2.60 bits per heavy atom. The maximum absolute atomic E-state index is 5.53. The Morgan fingerprint density at radius 2 is 2.30 bits per heavy atom. The van der Waals surface area contributed by atoms with E-state index in [0.29, 0.717) is 18.1 Å². The fourth-order valence-corrected chi connectivity index (χ4v) is 2.04. The van der Waals surface area contributed by atoms with E-state index in [1.165, 1.54) is 12.8 Å². The maximum Gasteiger partial charge on any atom is 0.0703 e. The van der Waals surface area contributed by atoms with Gasteiger partial charge in [-0.2, -0.15) is 0 Å². The first-order valence-electron chi connectivity index (χ1n) is 4.08. The highest BCUT2D eigenvalue weighted by atomic mass is 16.5. The molecule has 0 amide bonds. The minimum absolute atomic E-state index is 0.366. The van der Waals surface area contributed by atoms with Crippen molar-refractivity contribution in [2.75, 3.05) is 13.2 Å². The summed E-state index contributed by atoms with van der Waals surface area (Å²) in [6, 6.07) is 0. The van der Waals surface area contributed by atoms with E-state index in [-0.39, 0.29) is 0 Å². The molecule has 2 aliphatic rings. The average molecular weight is 141 g/mol. The monoisotopic (exact) mass is 141 g/mol. The molecule has 0 aromatic rings. The van der Waals surface area contributed by atoms with Gasteiger partial charge in [-0.25, -0.2) is 0 Å². The van der Waals surface area contributed by atoms with Gasteiger partial charge in [0, 0.05) is 6.54 Å². The van der Waals surface area contributed by atoms with Crippen LogP contribution in [0.4, 0.5) is 0 Å². The third kappa shape index (κ3) is 0.789. The largest absolute Gasteiger partial charge is 0.376 e. The summed E-state index contributed by atoms with van der Waals surface area (Å²) < 4.78 is 5.53. The van der Waals surface area contributed by atoms with Crippen molar-refractivity contribution >= 4 is 0 Å². The number of rotatable bonds is 1. The van der Waals surface area contributed by atoms with E-state index in [0.717, 1.165) is 12.5 Å². The molecule has 3 atom stereocenters. The lowest BCUT2D eigenvalue weighted by atomic mass is 10.0. The fraction of sp³-hybridized carbons (Fsp3) is 1.00. The van der Waals surface area contributed by atoms with E-state index < -0.39 is 0 Å². The summed E-state index contributed by atoms with van der Waals surface area (Å²) in [7, 11) is 0. The molecule has 58 valence electrons. The zero-order valence-corrected chi connectivity index (χ0v) is 6.47. The van der Waals surface area contributed by atoms with Crippen LogP contribution in [0.2, 0.25) is 0 Å². The Bertz CT molecular complexity index is 148.